The van der Waals surface area contributed by atoms with E-state index in [1.165, 1.54) is 23.1 Å². The average Bonchev–Trinajstić information content (AvgIpc) is 3.11. The molecule has 1 aliphatic rings. The normalized spacial score (nSPS) is 18.0. The van der Waals surface area contributed by atoms with Gasteiger partial charge in [0.05, 0.1) is 10.2 Å². The first-order valence-electron chi connectivity index (χ1n) is 6.57. The van der Waals surface area contributed by atoms with Crippen LogP contribution in [0.15, 0.2) is 35.3 Å². The summed E-state index contributed by atoms with van der Waals surface area (Å²) in [4.78, 5) is 19.8. The van der Waals surface area contributed by atoms with Crippen molar-refractivity contribution in [2.24, 2.45) is 4.99 Å². The summed E-state index contributed by atoms with van der Waals surface area (Å²) in [6.07, 6.45) is 0. The number of aromatic nitrogens is 1. The Balaban J connectivity index is 1.82. The van der Waals surface area contributed by atoms with Crippen LogP contribution in [0.3, 0.4) is 0 Å². The van der Waals surface area contributed by atoms with Crippen LogP contribution in [-0.4, -0.2) is 38.0 Å². The second-order valence-electron chi connectivity index (χ2n) is 4.97. The maximum absolute atomic E-state index is 11.0. The standard InChI is InChI=1S/C15H10N2O3S2/c18-9-2-1-7-4-10-12(5-8(7)3-9)22-14(16-10)13-17-11(6-21-13)15(19)20/h1-5,11,18H,6H2,(H,19,20)/t11-/m1/s1. The summed E-state index contributed by atoms with van der Waals surface area (Å²) >= 11 is 2.92. The zero-order valence-corrected chi connectivity index (χ0v) is 12.8. The van der Waals surface area contributed by atoms with Crippen LogP contribution < -0.4 is 0 Å². The summed E-state index contributed by atoms with van der Waals surface area (Å²) in [6.45, 7) is 0. The zero-order valence-electron chi connectivity index (χ0n) is 11.2. The Hall–Kier alpha value is -2.12. The van der Waals surface area contributed by atoms with Crippen molar-refractivity contribution in [1.29, 1.82) is 0 Å². The Morgan fingerprint density at radius 2 is 2.09 bits per heavy atom. The Labute approximate surface area is 133 Å². The molecule has 2 aromatic carbocycles. The molecule has 0 radical (unpaired) electrons. The molecule has 0 saturated heterocycles. The maximum atomic E-state index is 11.0. The van der Waals surface area contributed by atoms with Gasteiger partial charge in [0.2, 0.25) is 0 Å². The SMILES string of the molecule is O=C(O)[C@H]1CSC(c2nc3cc4ccc(O)cc4cc3s2)=N1. The predicted molar refractivity (Wildman–Crippen MR) is 89.2 cm³/mol. The number of fused-ring (bicyclic) bond motifs is 2. The molecule has 3 aromatic rings. The van der Waals surface area contributed by atoms with E-state index in [4.69, 9.17) is 5.11 Å². The lowest BCUT2D eigenvalue weighted by molar-refractivity contribution is -0.137. The van der Waals surface area contributed by atoms with Gasteiger partial charge in [0.15, 0.2) is 6.04 Å². The topological polar surface area (TPSA) is 82.8 Å². The smallest absolute Gasteiger partial charge is 0.329 e. The number of rotatable bonds is 2. The van der Waals surface area contributed by atoms with E-state index in [9.17, 15) is 9.90 Å². The summed E-state index contributed by atoms with van der Waals surface area (Å²) in [7, 11) is 0. The van der Waals surface area contributed by atoms with Gasteiger partial charge in [0.1, 0.15) is 15.8 Å². The van der Waals surface area contributed by atoms with Crippen LogP contribution in [0.5, 0.6) is 5.75 Å². The molecule has 0 unspecified atom stereocenters. The number of hydrogen-bond donors (Lipinski definition) is 2. The molecule has 0 amide bonds. The molecular formula is C15H10N2O3S2. The molecule has 2 heterocycles. The molecular weight excluding hydrogens is 320 g/mol. The van der Waals surface area contributed by atoms with E-state index in [2.05, 4.69) is 9.98 Å². The second kappa shape index (κ2) is 4.96. The second-order valence-corrected chi connectivity index (χ2v) is 7.01. The summed E-state index contributed by atoms with van der Waals surface area (Å²) in [5.74, 6) is -0.211. The van der Waals surface area contributed by atoms with E-state index < -0.39 is 12.0 Å². The Bertz CT molecular complexity index is 949. The number of aliphatic carboxylic acids is 1. The van der Waals surface area contributed by atoms with Crippen molar-refractivity contribution in [3.63, 3.8) is 0 Å². The number of carboxylic acids is 1. The molecule has 2 N–H and O–H groups in total. The number of phenols is 1. The Kier molecular flexibility index (Phi) is 3.05. The lowest BCUT2D eigenvalue weighted by Gasteiger charge is -1.98. The highest BCUT2D eigenvalue weighted by molar-refractivity contribution is 8.15. The lowest BCUT2D eigenvalue weighted by atomic mass is 10.1. The molecule has 1 atom stereocenters. The average molecular weight is 330 g/mol. The number of aromatic hydroxyl groups is 1. The van der Waals surface area contributed by atoms with E-state index in [1.807, 2.05) is 18.2 Å². The summed E-state index contributed by atoms with van der Waals surface area (Å²) < 4.78 is 0.996. The molecule has 0 saturated carbocycles. The third kappa shape index (κ3) is 2.22. The van der Waals surface area contributed by atoms with E-state index in [-0.39, 0.29) is 5.75 Å². The highest BCUT2D eigenvalue weighted by Gasteiger charge is 2.26. The zero-order chi connectivity index (χ0) is 15.3. The quantitative estimate of drug-likeness (QED) is 0.754. The predicted octanol–water partition coefficient (Wildman–Crippen LogP) is 3.10. The van der Waals surface area contributed by atoms with Gasteiger partial charge in [0, 0.05) is 5.75 Å². The fourth-order valence-electron chi connectivity index (χ4n) is 2.37. The fourth-order valence-corrected chi connectivity index (χ4v) is 4.46. The van der Waals surface area contributed by atoms with Gasteiger partial charge < -0.3 is 10.2 Å². The third-order valence-electron chi connectivity index (χ3n) is 3.45. The van der Waals surface area contributed by atoms with Gasteiger partial charge in [-0.05, 0) is 35.0 Å². The van der Waals surface area contributed by atoms with Crippen molar-refractivity contribution in [2.75, 3.05) is 5.75 Å². The van der Waals surface area contributed by atoms with Crippen molar-refractivity contribution in [2.45, 2.75) is 6.04 Å². The molecule has 5 nitrogen and oxygen atoms in total. The molecule has 0 aliphatic carbocycles. The van der Waals surface area contributed by atoms with Crippen LogP contribution in [0.2, 0.25) is 0 Å². The number of benzene rings is 2. The van der Waals surface area contributed by atoms with Crippen LogP contribution in [-0.2, 0) is 4.79 Å². The molecule has 110 valence electrons. The van der Waals surface area contributed by atoms with Crippen molar-refractivity contribution in [3.8, 4) is 5.75 Å². The van der Waals surface area contributed by atoms with Gasteiger partial charge in [-0.25, -0.2) is 9.78 Å². The number of hydrogen-bond acceptors (Lipinski definition) is 6. The van der Waals surface area contributed by atoms with Crippen molar-refractivity contribution in [3.05, 3.63) is 35.3 Å². The molecule has 22 heavy (non-hydrogen) atoms. The molecule has 0 fully saturated rings. The van der Waals surface area contributed by atoms with E-state index in [0.29, 0.717) is 10.8 Å². The molecule has 1 aromatic heterocycles. The molecule has 7 heteroatoms. The minimum Gasteiger partial charge on any atom is -0.508 e. The molecule has 1 aliphatic heterocycles. The lowest BCUT2D eigenvalue weighted by Crippen LogP contribution is -2.17. The molecule has 0 bridgehead atoms. The minimum absolute atomic E-state index is 0.233. The number of phenolic OH excluding ortho intramolecular Hbond substituents is 1. The van der Waals surface area contributed by atoms with Gasteiger partial charge in [-0.2, -0.15) is 0 Å². The number of carboxylic acid groups (broad SMARTS) is 1. The number of thiazole rings is 1. The monoisotopic (exact) mass is 330 g/mol. The van der Waals surface area contributed by atoms with Gasteiger partial charge in [-0.3, -0.25) is 4.99 Å². The molecule has 0 spiro atoms. The first-order chi connectivity index (χ1) is 10.6. The van der Waals surface area contributed by atoms with Crippen LogP contribution in [0, 0.1) is 0 Å². The van der Waals surface area contributed by atoms with Crippen LogP contribution in [0.4, 0.5) is 0 Å². The first kappa shape index (κ1) is 13.5. The summed E-state index contributed by atoms with van der Waals surface area (Å²) in [5, 5.41) is 22.0. The largest absolute Gasteiger partial charge is 0.508 e. The van der Waals surface area contributed by atoms with Crippen molar-refractivity contribution < 1.29 is 15.0 Å². The van der Waals surface area contributed by atoms with Crippen molar-refractivity contribution in [1.82, 2.24) is 4.98 Å². The number of carbonyl (C=O) groups is 1. The Morgan fingerprint density at radius 1 is 1.23 bits per heavy atom. The summed E-state index contributed by atoms with van der Waals surface area (Å²) in [5.41, 5.74) is 0.861. The van der Waals surface area contributed by atoms with Gasteiger partial charge in [-0.1, -0.05) is 6.07 Å². The van der Waals surface area contributed by atoms with E-state index in [0.717, 1.165) is 26.0 Å². The molecule has 4 rings (SSSR count). The van der Waals surface area contributed by atoms with E-state index >= 15 is 0 Å². The highest BCUT2D eigenvalue weighted by Crippen LogP contribution is 2.32. The van der Waals surface area contributed by atoms with Gasteiger partial charge >= 0.3 is 5.97 Å². The van der Waals surface area contributed by atoms with Crippen molar-refractivity contribution >= 4 is 55.1 Å². The van der Waals surface area contributed by atoms with Crippen LogP contribution in [0.25, 0.3) is 21.0 Å². The van der Waals surface area contributed by atoms with Crippen LogP contribution >= 0.6 is 23.1 Å². The number of thioether (sulfide) groups is 1. The maximum Gasteiger partial charge on any atom is 0.329 e. The van der Waals surface area contributed by atoms with E-state index in [1.54, 1.807) is 12.1 Å². The Morgan fingerprint density at radius 3 is 2.86 bits per heavy atom. The number of nitrogens with zero attached hydrogens (tertiary/aromatic N) is 2. The summed E-state index contributed by atoms with van der Waals surface area (Å²) in [6, 6.07) is 8.50. The third-order valence-corrected chi connectivity index (χ3v) is 5.66. The number of aliphatic imine (C=N–C) groups is 1. The first-order valence-corrected chi connectivity index (χ1v) is 8.37. The fraction of sp³-hybridized carbons (Fsp3) is 0.133. The van der Waals surface area contributed by atoms with Gasteiger partial charge in [0.25, 0.3) is 0 Å². The minimum atomic E-state index is -0.898. The van der Waals surface area contributed by atoms with Crippen LogP contribution in [0.1, 0.15) is 5.01 Å². The highest BCUT2D eigenvalue weighted by atomic mass is 32.2. The van der Waals surface area contributed by atoms with Gasteiger partial charge in [-0.15, -0.1) is 23.1 Å².